The Morgan fingerprint density at radius 3 is 2.66 bits per heavy atom. The van der Waals surface area contributed by atoms with Crippen LogP contribution >= 0.6 is 23.2 Å². The SMILES string of the molecule is COc1cc(OC2CCc3c(-c4cccc(NC(=O)c5nc6c(n5C)CCNC6)c4Cl)cccc32)c(Cl)cc1CNC(CO)C(=O)O. The van der Waals surface area contributed by atoms with Crippen LogP contribution < -0.4 is 25.4 Å². The number of nitrogens with zero attached hydrogens (tertiary/aromatic N) is 2. The number of carboxylic acid groups (broad SMARTS) is 1. The number of nitrogens with one attached hydrogen (secondary N) is 3. The minimum atomic E-state index is -1.16. The highest BCUT2D eigenvalue weighted by molar-refractivity contribution is 6.36. The molecule has 3 aromatic carbocycles. The number of anilines is 1. The smallest absolute Gasteiger partial charge is 0.323 e. The van der Waals surface area contributed by atoms with E-state index in [4.69, 9.17) is 32.7 Å². The van der Waals surface area contributed by atoms with Crippen molar-refractivity contribution in [2.45, 2.75) is 44.5 Å². The standard InChI is InChI=1S/C34H35Cl2N5O6/c1-41-27-11-12-37-16-25(27)39-32(41)33(43)40-24-8-4-7-22(31(24)36)19-5-3-6-21-20(19)9-10-28(21)47-30-14-29(46-2)18(13-23(30)35)15-38-26(17-42)34(44)45/h3-8,13-14,26,28,37-38,42H,9-12,15-17H2,1-2H3,(H,40,43)(H,44,45). The Kier molecular flexibility index (Phi) is 9.72. The van der Waals surface area contributed by atoms with Crippen LogP contribution in [0.1, 0.15) is 51.2 Å². The van der Waals surface area contributed by atoms with Crippen LogP contribution in [0.25, 0.3) is 11.1 Å². The summed E-state index contributed by atoms with van der Waals surface area (Å²) in [6.07, 6.45) is 1.98. The second-order valence-electron chi connectivity index (χ2n) is 11.5. The number of fused-ring (bicyclic) bond motifs is 2. The first-order valence-corrected chi connectivity index (χ1v) is 16.0. The maximum atomic E-state index is 13.3. The molecule has 2 unspecified atom stereocenters. The van der Waals surface area contributed by atoms with Crippen molar-refractivity contribution in [1.29, 1.82) is 0 Å². The number of rotatable bonds is 11. The van der Waals surface area contributed by atoms with Gasteiger partial charge < -0.3 is 34.9 Å². The van der Waals surface area contributed by atoms with Crippen molar-refractivity contribution in [2.24, 2.45) is 7.05 Å². The number of ether oxygens (including phenoxy) is 2. The Labute approximate surface area is 281 Å². The number of aliphatic hydroxyl groups is 1. The van der Waals surface area contributed by atoms with Gasteiger partial charge in [-0.1, -0.05) is 53.5 Å². The van der Waals surface area contributed by atoms with Crippen molar-refractivity contribution in [2.75, 3.05) is 25.6 Å². The van der Waals surface area contributed by atoms with Gasteiger partial charge in [0.25, 0.3) is 5.91 Å². The summed E-state index contributed by atoms with van der Waals surface area (Å²) >= 11 is 13.6. The fourth-order valence-corrected chi connectivity index (χ4v) is 6.78. The van der Waals surface area contributed by atoms with Crippen LogP contribution in [0.3, 0.4) is 0 Å². The zero-order valence-corrected chi connectivity index (χ0v) is 27.4. The normalized spacial score (nSPS) is 15.9. The molecule has 13 heteroatoms. The Balaban J connectivity index is 1.22. The van der Waals surface area contributed by atoms with Crippen LogP contribution in [0.15, 0.2) is 48.5 Å². The minimum Gasteiger partial charge on any atom is -0.496 e. The molecule has 0 saturated carbocycles. The van der Waals surface area contributed by atoms with E-state index in [1.54, 1.807) is 18.2 Å². The molecule has 5 N–H and O–H groups in total. The molecule has 0 fully saturated rings. The number of hydrogen-bond acceptors (Lipinski definition) is 8. The zero-order valence-electron chi connectivity index (χ0n) is 25.9. The van der Waals surface area contributed by atoms with Gasteiger partial charge in [0.05, 0.1) is 35.1 Å². The molecule has 2 atom stereocenters. The first kappa shape index (κ1) is 32.8. The molecule has 1 aromatic heterocycles. The Hall–Kier alpha value is -4.13. The molecule has 0 spiro atoms. The number of aliphatic carboxylic acids is 1. The van der Waals surface area contributed by atoms with E-state index in [0.29, 0.717) is 51.6 Å². The van der Waals surface area contributed by atoms with E-state index in [9.17, 15) is 19.8 Å². The van der Waals surface area contributed by atoms with Crippen LogP contribution in [0.5, 0.6) is 11.5 Å². The first-order valence-electron chi connectivity index (χ1n) is 15.3. The van der Waals surface area contributed by atoms with E-state index < -0.39 is 18.6 Å². The highest BCUT2D eigenvalue weighted by atomic mass is 35.5. The summed E-state index contributed by atoms with van der Waals surface area (Å²) in [5.41, 5.74) is 6.93. The lowest BCUT2D eigenvalue weighted by Gasteiger charge is -2.20. The quantitative estimate of drug-likeness (QED) is 0.149. The third-order valence-electron chi connectivity index (χ3n) is 8.71. The van der Waals surface area contributed by atoms with E-state index in [1.165, 1.54) is 7.11 Å². The summed E-state index contributed by atoms with van der Waals surface area (Å²) in [5, 5.41) is 28.4. The molecule has 1 aliphatic heterocycles. The topological polar surface area (TPSA) is 147 Å². The maximum Gasteiger partial charge on any atom is 0.323 e. The summed E-state index contributed by atoms with van der Waals surface area (Å²) in [6, 6.07) is 13.8. The van der Waals surface area contributed by atoms with E-state index in [1.807, 2.05) is 41.9 Å². The molecule has 0 radical (unpaired) electrons. The lowest BCUT2D eigenvalue weighted by Crippen LogP contribution is -2.39. The predicted octanol–water partition coefficient (Wildman–Crippen LogP) is 4.90. The van der Waals surface area contributed by atoms with Crippen molar-refractivity contribution < 1.29 is 29.3 Å². The number of methoxy groups -OCH3 is 1. The van der Waals surface area contributed by atoms with Crippen molar-refractivity contribution >= 4 is 40.8 Å². The molecule has 4 aromatic rings. The summed E-state index contributed by atoms with van der Waals surface area (Å²) < 4.78 is 13.8. The van der Waals surface area contributed by atoms with Gasteiger partial charge in [-0.05, 0) is 41.7 Å². The molecule has 246 valence electrons. The van der Waals surface area contributed by atoms with Crippen LogP contribution in [0.2, 0.25) is 10.0 Å². The second-order valence-corrected chi connectivity index (χ2v) is 12.3. The van der Waals surface area contributed by atoms with E-state index in [2.05, 4.69) is 20.9 Å². The van der Waals surface area contributed by atoms with Gasteiger partial charge in [0.1, 0.15) is 23.6 Å². The Bertz CT molecular complexity index is 1840. The number of carbonyl (C=O) groups is 2. The third kappa shape index (κ3) is 6.54. The van der Waals surface area contributed by atoms with E-state index in [0.717, 1.165) is 53.0 Å². The number of amides is 1. The molecular formula is C34H35Cl2N5O6. The lowest BCUT2D eigenvalue weighted by atomic mass is 9.96. The van der Waals surface area contributed by atoms with Crippen molar-refractivity contribution in [3.63, 3.8) is 0 Å². The van der Waals surface area contributed by atoms with Gasteiger partial charge in [0.2, 0.25) is 0 Å². The average molecular weight is 681 g/mol. The Morgan fingerprint density at radius 1 is 1.13 bits per heavy atom. The molecular weight excluding hydrogens is 645 g/mol. The molecule has 1 aliphatic carbocycles. The molecule has 2 aliphatic rings. The van der Waals surface area contributed by atoms with Crippen molar-refractivity contribution in [3.8, 4) is 22.6 Å². The van der Waals surface area contributed by atoms with Crippen molar-refractivity contribution in [3.05, 3.63) is 92.5 Å². The summed E-state index contributed by atoms with van der Waals surface area (Å²) in [7, 11) is 3.37. The number of halogens is 2. The zero-order chi connectivity index (χ0) is 33.2. The van der Waals surface area contributed by atoms with Crippen LogP contribution in [0, 0.1) is 0 Å². The van der Waals surface area contributed by atoms with Gasteiger partial charge in [0.15, 0.2) is 5.82 Å². The number of hydrogen-bond donors (Lipinski definition) is 5. The molecule has 2 heterocycles. The summed E-state index contributed by atoms with van der Waals surface area (Å²) in [5.74, 6) is -0.234. The van der Waals surface area contributed by atoms with Gasteiger partial charge in [-0.25, -0.2) is 4.98 Å². The average Bonchev–Trinajstić information content (AvgIpc) is 3.64. The molecule has 0 bridgehead atoms. The monoisotopic (exact) mass is 679 g/mol. The molecule has 11 nitrogen and oxygen atoms in total. The van der Waals surface area contributed by atoms with Crippen LogP contribution in [0.4, 0.5) is 5.69 Å². The lowest BCUT2D eigenvalue weighted by molar-refractivity contribution is -0.140. The fourth-order valence-electron chi connectivity index (χ4n) is 6.28. The van der Waals surface area contributed by atoms with Gasteiger partial charge in [-0.15, -0.1) is 0 Å². The number of benzene rings is 3. The highest BCUT2D eigenvalue weighted by Gasteiger charge is 2.29. The van der Waals surface area contributed by atoms with E-state index in [-0.39, 0.29) is 18.6 Å². The predicted molar refractivity (Wildman–Crippen MR) is 179 cm³/mol. The van der Waals surface area contributed by atoms with E-state index >= 15 is 0 Å². The van der Waals surface area contributed by atoms with Crippen molar-refractivity contribution in [1.82, 2.24) is 20.2 Å². The summed E-state index contributed by atoms with van der Waals surface area (Å²) in [6.45, 7) is 1.06. The number of imidazole rings is 1. The molecule has 6 rings (SSSR count). The molecule has 47 heavy (non-hydrogen) atoms. The van der Waals surface area contributed by atoms with Crippen LogP contribution in [-0.2, 0) is 37.8 Å². The first-order chi connectivity index (χ1) is 22.7. The molecule has 1 amide bonds. The minimum absolute atomic E-state index is 0.123. The number of aromatic nitrogens is 2. The van der Waals surface area contributed by atoms with Gasteiger partial charge in [-0.2, -0.15) is 0 Å². The Morgan fingerprint density at radius 2 is 1.91 bits per heavy atom. The third-order valence-corrected chi connectivity index (χ3v) is 9.41. The fraction of sp³-hybridized carbons (Fsp3) is 0.324. The number of aliphatic hydroxyl groups excluding tert-OH is 1. The van der Waals surface area contributed by atoms with Gasteiger partial charge in [0, 0.05) is 56.0 Å². The number of carboxylic acids is 1. The molecule has 0 saturated heterocycles. The van der Waals surface area contributed by atoms with Gasteiger partial charge >= 0.3 is 5.97 Å². The summed E-state index contributed by atoms with van der Waals surface area (Å²) in [4.78, 5) is 29.2. The second kappa shape index (κ2) is 13.9. The maximum absolute atomic E-state index is 13.3. The highest BCUT2D eigenvalue weighted by Crippen LogP contribution is 2.44. The number of carbonyl (C=O) groups excluding carboxylic acids is 1. The van der Waals surface area contributed by atoms with Crippen LogP contribution in [-0.4, -0.2) is 57.9 Å². The largest absolute Gasteiger partial charge is 0.496 e. The van der Waals surface area contributed by atoms with Gasteiger partial charge in [-0.3, -0.25) is 14.9 Å².